The Labute approximate surface area is 223 Å². The number of amides is 2. The van der Waals surface area contributed by atoms with Crippen molar-refractivity contribution in [2.24, 2.45) is 0 Å². The van der Waals surface area contributed by atoms with Crippen molar-refractivity contribution in [1.82, 2.24) is 10.2 Å². The SMILES string of the molecule is CC[C@@H](C)NC(=O)[C@@H](C)N(CCc1ccccc1)C(=O)CCCN(c1cccc(C(F)(F)F)c1)S(C)(=O)=O. The predicted molar refractivity (Wildman–Crippen MR) is 142 cm³/mol. The second-order valence-electron chi connectivity index (χ2n) is 9.30. The molecule has 0 aliphatic heterocycles. The molecule has 0 heterocycles. The molecule has 0 aliphatic rings. The first kappa shape index (κ1) is 31.1. The van der Waals surface area contributed by atoms with Crippen molar-refractivity contribution < 1.29 is 31.2 Å². The van der Waals surface area contributed by atoms with E-state index in [2.05, 4.69) is 5.32 Å². The van der Waals surface area contributed by atoms with Crippen LogP contribution in [0.25, 0.3) is 0 Å². The molecule has 0 radical (unpaired) electrons. The number of hydrogen-bond donors (Lipinski definition) is 1. The van der Waals surface area contributed by atoms with Gasteiger partial charge in [0.15, 0.2) is 0 Å². The van der Waals surface area contributed by atoms with Crippen LogP contribution < -0.4 is 9.62 Å². The molecule has 11 heteroatoms. The second-order valence-corrected chi connectivity index (χ2v) is 11.2. The van der Waals surface area contributed by atoms with Crippen LogP contribution in [0.15, 0.2) is 54.6 Å². The summed E-state index contributed by atoms with van der Waals surface area (Å²) in [5.41, 5.74) is -0.0994. The first-order chi connectivity index (χ1) is 17.7. The molecular formula is C27H36F3N3O4S. The molecule has 7 nitrogen and oxygen atoms in total. The van der Waals surface area contributed by atoms with Gasteiger partial charge in [0.2, 0.25) is 21.8 Å². The fourth-order valence-electron chi connectivity index (χ4n) is 3.88. The van der Waals surface area contributed by atoms with Gasteiger partial charge in [-0.2, -0.15) is 13.2 Å². The number of benzene rings is 2. The normalized spacial score (nSPS) is 13.4. The van der Waals surface area contributed by atoms with E-state index in [1.807, 2.05) is 44.2 Å². The van der Waals surface area contributed by atoms with Gasteiger partial charge in [-0.05, 0) is 56.9 Å². The second kappa shape index (κ2) is 13.6. The van der Waals surface area contributed by atoms with E-state index in [0.29, 0.717) is 6.42 Å². The third kappa shape index (κ3) is 9.34. The molecule has 0 saturated heterocycles. The van der Waals surface area contributed by atoms with Crippen molar-refractivity contribution in [3.63, 3.8) is 0 Å². The number of halogens is 3. The first-order valence-corrected chi connectivity index (χ1v) is 14.4. The minimum atomic E-state index is -4.62. The number of carbonyl (C=O) groups excluding carboxylic acids is 2. The molecule has 0 unspecified atom stereocenters. The van der Waals surface area contributed by atoms with Crippen LogP contribution in [0.5, 0.6) is 0 Å². The van der Waals surface area contributed by atoms with Gasteiger partial charge in [-0.1, -0.05) is 43.3 Å². The number of rotatable bonds is 13. The topological polar surface area (TPSA) is 86.8 Å². The fraction of sp³-hybridized carbons (Fsp3) is 0.481. The van der Waals surface area contributed by atoms with E-state index >= 15 is 0 Å². The van der Waals surface area contributed by atoms with Crippen LogP contribution >= 0.6 is 0 Å². The molecule has 1 N–H and O–H groups in total. The summed E-state index contributed by atoms with van der Waals surface area (Å²) in [6.07, 6.45) is -2.49. The minimum Gasteiger partial charge on any atom is -0.352 e. The maximum absolute atomic E-state index is 13.2. The molecule has 0 saturated carbocycles. The number of carbonyl (C=O) groups is 2. The van der Waals surface area contributed by atoms with Crippen LogP contribution in [-0.2, 0) is 32.2 Å². The lowest BCUT2D eigenvalue weighted by atomic mass is 10.1. The molecule has 2 amide bonds. The molecule has 2 aromatic carbocycles. The Morgan fingerprint density at radius 3 is 2.24 bits per heavy atom. The van der Waals surface area contributed by atoms with Gasteiger partial charge in [0.05, 0.1) is 17.5 Å². The summed E-state index contributed by atoms with van der Waals surface area (Å²) in [6, 6.07) is 12.7. The summed E-state index contributed by atoms with van der Waals surface area (Å²) >= 11 is 0. The number of anilines is 1. The number of alkyl halides is 3. The molecule has 2 atom stereocenters. The highest BCUT2D eigenvalue weighted by Crippen LogP contribution is 2.32. The van der Waals surface area contributed by atoms with Crippen molar-refractivity contribution in [2.75, 3.05) is 23.7 Å². The van der Waals surface area contributed by atoms with Crippen molar-refractivity contribution in [3.8, 4) is 0 Å². The van der Waals surface area contributed by atoms with Crippen LogP contribution in [0.4, 0.5) is 18.9 Å². The highest BCUT2D eigenvalue weighted by molar-refractivity contribution is 7.92. The van der Waals surface area contributed by atoms with E-state index in [-0.39, 0.29) is 49.5 Å². The van der Waals surface area contributed by atoms with Gasteiger partial charge in [-0.25, -0.2) is 8.42 Å². The zero-order valence-corrected chi connectivity index (χ0v) is 23.0. The van der Waals surface area contributed by atoms with E-state index < -0.39 is 27.8 Å². The van der Waals surface area contributed by atoms with E-state index in [4.69, 9.17) is 0 Å². The lowest BCUT2D eigenvalue weighted by Crippen LogP contribution is -2.50. The molecule has 2 aromatic rings. The highest BCUT2D eigenvalue weighted by Gasteiger charge is 2.32. The molecule has 0 spiro atoms. The molecule has 210 valence electrons. The van der Waals surface area contributed by atoms with Crippen LogP contribution in [0.2, 0.25) is 0 Å². The summed E-state index contributed by atoms with van der Waals surface area (Å²) < 4.78 is 65.1. The van der Waals surface area contributed by atoms with Gasteiger partial charge in [0.1, 0.15) is 6.04 Å². The summed E-state index contributed by atoms with van der Waals surface area (Å²) in [7, 11) is -3.91. The zero-order valence-electron chi connectivity index (χ0n) is 22.2. The van der Waals surface area contributed by atoms with Crippen LogP contribution in [0, 0.1) is 0 Å². The lowest BCUT2D eigenvalue weighted by Gasteiger charge is -2.30. The lowest BCUT2D eigenvalue weighted by molar-refractivity contribution is -0.140. The number of hydrogen-bond acceptors (Lipinski definition) is 4. The van der Waals surface area contributed by atoms with Crippen molar-refractivity contribution in [2.45, 2.75) is 64.7 Å². The average Bonchev–Trinajstić information content (AvgIpc) is 2.85. The van der Waals surface area contributed by atoms with Gasteiger partial charge in [-0.3, -0.25) is 13.9 Å². The van der Waals surface area contributed by atoms with Crippen molar-refractivity contribution in [3.05, 3.63) is 65.7 Å². The Kier molecular flexibility index (Phi) is 11.2. The number of nitrogens with one attached hydrogen (secondary N) is 1. The Hall–Kier alpha value is -3.08. The Balaban J connectivity index is 2.16. The average molecular weight is 556 g/mol. The predicted octanol–water partition coefficient (Wildman–Crippen LogP) is 4.63. The van der Waals surface area contributed by atoms with Gasteiger partial charge >= 0.3 is 6.18 Å². The van der Waals surface area contributed by atoms with Crippen LogP contribution in [-0.4, -0.2) is 56.6 Å². The van der Waals surface area contributed by atoms with E-state index in [9.17, 15) is 31.2 Å². The number of sulfonamides is 1. The van der Waals surface area contributed by atoms with Crippen molar-refractivity contribution in [1.29, 1.82) is 0 Å². The highest BCUT2D eigenvalue weighted by atomic mass is 32.2. The largest absolute Gasteiger partial charge is 0.416 e. The minimum absolute atomic E-state index is 0.0592. The molecular weight excluding hydrogens is 519 g/mol. The zero-order chi connectivity index (χ0) is 28.5. The maximum Gasteiger partial charge on any atom is 0.416 e. The van der Waals surface area contributed by atoms with E-state index in [1.165, 1.54) is 11.0 Å². The Morgan fingerprint density at radius 2 is 1.66 bits per heavy atom. The monoisotopic (exact) mass is 555 g/mol. The van der Waals surface area contributed by atoms with Crippen LogP contribution in [0.3, 0.4) is 0 Å². The fourth-order valence-corrected chi connectivity index (χ4v) is 4.83. The van der Waals surface area contributed by atoms with E-state index in [0.717, 1.165) is 40.7 Å². The van der Waals surface area contributed by atoms with E-state index in [1.54, 1.807) is 6.92 Å². The molecule has 0 fully saturated rings. The summed E-state index contributed by atoms with van der Waals surface area (Å²) in [5.74, 6) is -0.632. The summed E-state index contributed by atoms with van der Waals surface area (Å²) in [4.78, 5) is 27.5. The first-order valence-electron chi connectivity index (χ1n) is 12.5. The van der Waals surface area contributed by atoms with Crippen LogP contribution in [0.1, 0.15) is 51.2 Å². The molecule has 2 rings (SSSR count). The van der Waals surface area contributed by atoms with Gasteiger partial charge in [-0.15, -0.1) is 0 Å². The molecule has 38 heavy (non-hydrogen) atoms. The summed E-state index contributed by atoms with van der Waals surface area (Å²) in [6.45, 7) is 5.54. The van der Waals surface area contributed by atoms with Gasteiger partial charge < -0.3 is 10.2 Å². The maximum atomic E-state index is 13.2. The molecule has 0 aliphatic carbocycles. The third-order valence-electron chi connectivity index (χ3n) is 6.27. The summed E-state index contributed by atoms with van der Waals surface area (Å²) in [5, 5.41) is 2.88. The smallest absolute Gasteiger partial charge is 0.352 e. The van der Waals surface area contributed by atoms with Gasteiger partial charge in [0, 0.05) is 25.6 Å². The third-order valence-corrected chi connectivity index (χ3v) is 7.46. The quantitative estimate of drug-likeness (QED) is 0.391. The Bertz CT molecular complexity index is 1170. The number of nitrogens with zero attached hydrogens (tertiary/aromatic N) is 2. The Morgan fingerprint density at radius 1 is 1.00 bits per heavy atom. The molecule has 0 aromatic heterocycles. The van der Waals surface area contributed by atoms with Crippen molar-refractivity contribution >= 4 is 27.5 Å². The van der Waals surface area contributed by atoms with Gasteiger partial charge in [0.25, 0.3) is 0 Å². The standard InChI is InChI=1S/C27H36F3N3O4S/c1-5-20(2)31-26(35)21(3)32(18-16-22-11-7-6-8-12-22)25(34)15-10-17-33(38(4,36)37)24-14-9-13-23(19-24)27(28,29)30/h6-9,11-14,19-21H,5,10,15-18H2,1-4H3,(H,31,35)/t20-,21-/m1/s1. The molecule has 0 bridgehead atoms.